The van der Waals surface area contributed by atoms with Gasteiger partial charge >= 0.3 is 0 Å². The van der Waals surface area contributed by atoms with E-state index in [0.717, 1.165) is 5.69 Å². The van der Waals surface area contributed by atoms with Crippen LogP contribution in [0.4, 0.5) is 5.69 Å². The van der Waals surface area contributed by atoms with Crippen LogP contribution in [0.2, 0.25) is 0 Å². The Morgan fingerprint density at radius 1 is 0.952 bits per heavy atom. The monoisotopic (exact) mass is 283 g/mol. The summed E-state index contributed by atoms with van der Waals surface area (Å²) in [7, 11) is 0. The first-order chi connectivity index (χ1) is 10.1. The zero-order valence-corrected chi connectivity index (χ0v) is 12.7. The molecular formula is C18H21NO2. The third-order valence-corrected chi connectivity index (χ3v) is 3.27. The zero-order chi connectivity index (χ0) is 15.2. The number of nitrogens with one attached hydrogen (secondary N) is 1. The molecule has 0 aliphatic heterocycles. The van der Waals surface area contributed by atoms with Crippen molar-refractivity contribution in [1.82, 2.24) is 0 Å². The van der Waals surface area contributed by atoms with Gasteiger partial charge in [0.15, 0.2) is 6.10 Å². The Morgan fingerprint density at radius 2 is 1.57 bits per heavy atom. The van der Waals surface area contributed by atoms with E-state index in [1.807, 2.05) is 54.6 Å². The molecule has 1 N–H and O–H groups in total. The SMILES string of the molecule is CC(Oc1ccc(C(C)C)cc1)C(=O)Nc1ccccc1. The van der Waals surface area contributed by atoms with Gasteiger partial charge < -0.3 is 10.1 Å². The van der Waals surface area contributed by atoms with E-state index in [-0.39, 0.29) is 5.91 Å². The van der Waals surface area contributed by atoms with Crippen molar-refractivity contribution in [3.05, 3.63) is 60.2 Å². The minimum atomic E-state index is -0.546. The number of carbonyl (C=O) groups is 1. The number of amides is 1. The summed E-state index contributed by atoms with van der Waals surface area (Å²) < 4.78 is 5.67. The summed E-state index contributed by atoms with van der Waals surface area (Å²) in [6.45, 7) is 6.03. The van der Waals surface area contributed by atoms with Crippen LogP contribution in [-0.4, -0.2) is 12.0 Å². The van der Waals surface area contributed by atoms with Gasteiger partial charge in [-0.25, -0.2) is 0 Å². The summed E-state index contributed by atoms with van der Waals surface area (Å²) in [5.74, 6) is 1.03. The van der Waals surface area contributed by atoms with Gasteiger partial charge in [0, 0.05) is 5.69 Å². The lowest BCUT2D eigenvalue weighted by Crippen LogP contribution is -2.30. The highest BCUT2D eigenvalue weighted by Crippen LogP contribution is 2.19. The van der Waals surface area contributed by atoms with Gasteiger partial charge in [0.2, 0.25) is 0 Å². The van der Waals surface area contributed by atoms with Crippen molar-refractivity contribution >= 4 is 11.6 Å². The predicted octanol–water partition coefficient (Wildman–Crippen LogP) is 4.22. The first kappa shape index (κ1) is 15.1. The Labute approximate surface area is 126 Å². The van der Waals surface area contributed by atoms with E-state index in [1.165, 1.54) is 5.56 Å². The predicted molar refractivity (Wildman–Crippen MR) is 85.7 cm³/mol. The van der Waals surface area contributed by atoms with Crippen molar-refractivity contribution < 1.29 is 9.53 Å². The van der Waals surface area contributed by atoms with E-state index >= 15 is 0 Å². The van der Waals surface area contributed by atoms with Crippen LogP contribution < -0.4 is 10.1 Å². The maximum atomic E-state index is 12.1. The van der Waals surface area contributed by atoms with Crippen molar-refractivity contribution in [3.8, 4) is 5.75 Å². The fraction of sp³-hybridized carbons (Fsp3) is 0.278. The average Bonchev–Trinajstić information content (AvgIpc) is 2.48. The quantitative estimate of drug-likeness (QED) is 0.892. The molecule has 2 rings (SSSR count). The second-order valence-electron chi connectivity index (χ2n) is 5.34. The molecule has 1 unspecified atom stereocenters. The highest BCUT2D eigenvalue weighted by molar-refractivity contribution is 5.94. The zero-order valence-electron chi connectivity index (χ0n) is 12.7. The molecule has 0 heterocycles. The van der Waals surface area contributed by atoms with Gasteiger partial charge in [-0.3, -0.25) is 4.79 Å². The number of hydrogen-bond acceptors (Lipinski definition) is 2. The fourth-order valence-corrected chi connectivity index (χ4v) is 1.95. The molecular weight excluding hydrogens is 262 g/mol. The maximum absolute atomic E-state index is 12.1. The van der Waals surface area contributed by atoms with E-state index in [0.29, 0.717) is 11.7 Å². The van der Waals surface area contributed by atoms with Crippen LogP contribution >= 0.6 is 0 Å². The summed E-state index contributed by atoms with van der Waals surface area (Å²) in [6.07, 6.45) is -0.546. The van der Waals surface area contributed by atoms with Crippen molar-refractivity contribution in [1.29, 1.82) is 0 Å². The van der Waals surface area contributed by atoms with Gasteiger partial charge in [-0.2, -0.15) is 0 Å². The van der Waals surface area contributed by atoms with Crippen molar-refractivity contribution in [2.24, 2.45) is 0 Å². The Balaban J connectivity index is 1.94. The third-order valence-electron chi connectivity index (χ3n) is 3.27. The van der Waals surface area contributed by atoms with Crippen molar-refractivity contribution in [2.45, 2.75) is 32.8 Å². The largest absolute Gasteiger partial charge is 0.481 e. The molecule has 1 atom stereocenters. The molecule has 0 aliphatic carbocycles. The standard InChI is InChI=1S/C18H21NO2/c1-13(2)15-9-11-17(12-10-15)21-14(3)18(20)19-16-7-5-4-6-8-16/h4-14H,1-3H3,(H,19,20). The molecule has 0 aliphatic rings. The molecule has 0 spiro atoms. The van der Waals surface area contributed by atoms with Crippen LogP contribution in [0.1, 0.15) is 32.3 Å². The van der Waals surface area contributed by atoms with E-state index < -0.39 is 6.10 Å². The second-order valence-corrected chi connectivity index (χ2v) is 5.34. The first-order valence-corrected chi connectivity index (χ1v) is 7.19. The molecule has 21 heavy (non-hydrogen) atoms. The molecule has 0 saturated heterocycles. The average molecular weight is 283 g/mol. The van der Waals surface area contributed by atoms with Crippen LogP contribution in [0.3, 0.4) is 0 Å². The third kappa shape index (κ3) is 4.35. The van der Waals surface area contributed by atoms with Crippen LogP contribution in [0, 0.1) is 0 Å². The van der Waals surface area contributed by atoms with Gasteiger partial charge in [0.1, 0.15) is 5.75 Å². The normalized spacial score (nSPS) is 12.0. The molecule has 110 valence electrons. The molecule has 0 bridgehead atoms. The van der Waals surface area contributed by atoms with Gasteiger partial charge in [-0.1, -0.05) is 44.2 Å². The molecule has 2 aromatic rings. The Morgan fingerprint density at radius 3 is 2.14 bits per heavy atom. The van der Waals surface area contributed by atoms with Crippen molar-refractivity contribution in [2.75, 3.05) is 5.32 Å². The highest BCUT2D eigenvalue weighted by Gasteiger charge is 2.14. The number of ether oxygens (including phenoxy) is 1. The lowest BCUT2D eigenvalue weighted by atomic mass is 10.0. The second kappa shape index (κ2) is 6.93. The topological polar surface area (TPSA) is 38.3 Å². The van der Waals surface area contributed by atoms with E-state index in [4.69, 9.17) is 4.74 Å². The number of carbonyl (C=O) groups excluding carboxylic acids is 1. The summed E-state index contributed by atoms with van der Waals surface area (Å²) in [4.78, 5) is 12.1. The lowest BCUT2D eigenvalue weighted by molar-refractivity contribution is -0.122. The number of para-hydroxylation sites is 1. The maximum Gasteiger partial charge on any atom is 0.265 e. The molecule has 0 aromatic heterocycles. The van der Waals surface area contributed by atoms with Gasteiger partial charge in [-0.15, -0.1) is 0 Å². The number of anilines is 1. The smallest absolute Gasteiger partial charge is 0.265 e. The molecule has 0 fully saturated rings. The summed E-state index contributed by atoms with van der Waals surface area (Å²) in [5, 5.41) is 2.83. The van der Waals surface area contributed by atoms with E-state index in [9.17, 15) is 4.79 Å². The van der Waals surface area contributed by atoms with Crippen LogP contribution in [0.5, 0.6) is 5.75 Å². The molecule has 3 nitrogen and oxygen atoms in total. The number of rotatable bonds is 5. The summed E-state index contributed by atoms with van der Waals surface area (Å²) in [5.41, 5.74) is 2.02. The van der Waals surface area contributed by atoms with E-state index in [2.05, 4.69) is 19.2 Å². The minimum absolute atomic E-state index is 0.158. The number of hydrogen-bond donors (Lipinski definition) is 1. The minimum Gasteiger partial charge on any atom is -0.481 e. The lowest BCUT2D eigenvalue weighted by Gasteiger charge is -2.15. The van der Waals surface area contributed by atoms with Crippen LogP contribution in [0.15, 0.2) is 54.6 Å². The molecule has 0 radical (unpaired) electrons. The molecule has 1 amide bonds. The van der Waals surface area contributed by atoms with E-state index in [1.54, 1.807) is 6.92 Å². The highest BCUT2D eigenvalue weighted by atomic mass is 16.5. The van der Waals surface area contributed by atoms with Crippen molar-refractivity contribution in [3.63, 3.8) is 0 Å². The Bertz CT molecular complexity index is 576. The van der Waals surface area contributed by atoms with Crippen LogP contribution in [-0.2, 0) is 4.79 Å². The van der Waals surface area contributed by atoms with Gasteiger partial charge in [-0.05, 0) is 42.7 Å². The van der Waals surface area contributed by atoms with Gasteiger partial charge in [0.25, 0.3) is 5.91 Å². The fourth-order valence-electron chi connectivity index (χ4n) is 1.95. The first-order valence-electron chi connectivity index (χ1n) is 7.19. The Hall–Kier alpha value is -2.29. The molecule has 3 heteroatoms. The van der Waals surface area contributed by atoms with Crippen LogP contribution in [0.25, 0.3) is 0 Å². The summed E-state index contributed by atoms with van der Waals surface area (Å²) in [6, 6.07) is 17.2. The molecule has 2 aromatic carbocycles. The van der Waals surface area contributed by atoms with Gasteiger partial charge in [0.05, 0.1) is 0 Å². The number of benzene rings is 2. The molecule has 0 saturated carbocycles. The Kier molecular flexibility index (Phi) is 4.99. The summed E-state index contributed by atoms with van der Waals surface area (Å²) >= 11 is 0.